The topological polar surface area (TPSA) is 52.6 Å². The second-order valence-electron chi connectivity index (χ2n) is 5.06. The monoisotopic (exact) mass is 298 g/mol. The van der Waals surface area contributed by atoms with Crippen LogP contribution in [-0.2, 0) is 16.1 Å². The van der Waals surface area contributed by atoms with E-state index < -0.39 is 11.8 Å². The van der Waals surface area contributed by atoms with Gasteiger partial charge < -0.3 is 9.47 Å². The summed E-state index contributed by atoms with van der Waals surface area (Å²) in [5.74, 6) is -0.894. The van der Waals surface area contributed by atoms with Crippen LogP contribution in [0.3, 0.4) is 0 Å². The van der Waals surface area contributed by atoms with E-state index in [9.17, 15) is 9.59 Å². The average molecular weight is 298 g/mol. The molecular formula is C18H18O4. The van der Waals surface area contributed by atoms with Gasteiger partial charge in [0.25, 0.3) is 5.78 Å². The highest BCUT2D eigenvalue weighted by Gasteiger charge is 2.16. The number of ether oxygens (including phenoxy) is 2. The molecule has 0 aromatic heterocycles. The SMILES string of the molecule is COC(=O)C(=O)c1ccc(OCc2cc(C)ccc2C)cc1. The lowest BCUT2D eigenvalue weighted by molar-refractivity contribution is -0.135. The Morgan fingerprint density at radius 2 is 1.68 bits per heavy atom. The van der Waals surface area contributed by atoms with Crippen LogP contribution in [-0.4, -0.2) is 18.9 Å². The number of Topliss-reactive ketones (excluding diaryl/α,β-unsaturated/α-hetero) is 1. The molecule has 0 N–H and O–H groups in total. The molecule has 0 saturated carbocycles. The zero-order valence-corrected chi connectivity index (χ0v) is 12.9. The van der Waals surface area contributed by atoms with Crippen molar-refractivity contribution in [2.75, 3.05) is 7.11 Å². The van der Waals surface area contributed by atoms with Gasteiger partial charge in [-0.2, -0.15) is 0 Å². The van der Waals surface area contributed by atoms with Crippen LogP contribution in [0.1, 0.15) is 27.0 Å². The lowest BCUT2D eigenvalue weighted by Gasteiger charge is -2.10. The van der Waals surface area contributed by atoms with Crippen LogP contribution in [0.4, 0.5) is 0 Å². The summed E-state index contributed by atoms with van der Waals surface area (Å²) >= 11 is 0. The van der Waals surface area contributed by atoms with Crippen molar-refractivity contribution in [2.45, 2.75) is 20.5 Å². The summed E-state index contributed by atoms with van der Waals surface area (Å²) in [5, 5.41) is 0. The highest BCUT2D eigenvalue weighted by atomic mass is 16.5. The molecule has 0 radical (unpaired) electrons. The minimum Gasteiger partial charge on any atom is -0.489 e. The first-order valence-electron chi connectivity index (χ1n) is 6.93. The van der Waals surface area contributed by atoms with Crippen LogP contribution in [0.2, 0.25) is 0 Å². The van der Waals surface area contributed by atoms with Crippen LogP contribution < -0.4 is 4.74 Å². The van der Waals surface area contributed by atoms with Crippen LogP contribution >= 0.6 is 0 Å². The molecule has 0 unspecified atom stereocenters. The van der Waals surface area contributed by atoms with E-state index in [4.69, 9.17) is 4.74 Å². The van der Waals surface area contributed by atoms with Crippen molar-refractivity contribution in [1.82, 2.24) is 0 Å². The summed E-state index contributed by atoms with van der Waals surface area (Å²) in [6.07, 6.45) is 0. The fourth-order valence-corrected chi connectivity index (χ4v) is 2.03. The van der Waals surface area contributed by atoms with E-state index in [1.807, 2.05) is 13.8 Å². The molecule has 0 saturated heterocycles. The first-order valence-corrected chi connectivity index (χ1v) is 6.93. The van der Waals surface area contributed by atoms with E-state index in [1.165, 1.54) is 18.2 Å². The van der Waals surface area contributed by atoms with E-state index in [0.29, 0.717) is 12.4 Å². The third-order valence-corrected chi connectivity index (χ3v) is 3.39. The molecule has 2 aromatic carbocycles. The summed E-state index contributed by atoms with van der Waals surface area (Å²) in [6.45, 7) is 4.53. The average Bonchev–Trinajstić information content (AvgIpc) is 2.54. The fourth-order valence-electron chi connectivity index (χ4n) is 2.03. The largest absolute Gasteiger partial charge is 0.489 e. The van der Waals surface area contributed by atoms with E-state index >= 15 is 0 Å². The maximum Gasteiger partial charge on any atom is 0.379 e. The zero-order chi connectivity index (χ0) is 16.1. The highest BCUT2D eigenvalue weighted by molar-refractivity contribution is 6.40. The number of esters is 1. The molecular weight excluding hydrogens is 280 g/mol. The number of carbonyl (C=O) groups is 2. The summed E-state index contributed by atoms with van der Waals surface area (Å²) in [6, 6.07) is 12.7. The van der Waals surface area contributed by atoms with Gasteiger partial charge in [-0.05, 0) is 49.2 Å². The van der Waals surface area contributed by atoms with E-state index in [2.05, 4.69) is 22.9 Å². The van der Waals surface area contributed by atoms with Crippen LogP contribution in [0.25, 0.3) is 0 Å². The molecule has 2 rings (SSSR count). The Balaban J connectivity index is 2.04. The number of aryl methyl sites for hydroxylation is 2. The molecule has 0 bridgehead atoms. The number of methoxy groups -OCH3 is 1. The van der Waals surface area contributed by atoms with Crippen molar-refractivity contribution >= 4 is 11.8 Å². The number of hydrogen-bond donors (Lipinski definition) is 0. The Morgan fingerprint density at radius 3 is 2.32 bits per heavy atom. The number of ketones is 1. The molecule has 0 heterocycles. The van der Waals surface area contributed by atoms with Crippen LogP contribution in [0.15, 0.2) is 42.5 Å². The van der Waals surface area contributed by atoms with Gasteiger partial charge in [-0.25, -0.2) is 4.79 Å². The molecule has 2 aromatic rings. The lowest BCUT2D eigenvalue weighted by Crippen LogP contribution is -2.15. The predicted molar refractivity (Wildman–Crippen MR) is 83.0 cm³/mol. The smallest absolute Gasteiger partial charge is 0.379 e. The Morgan fingerprint density at radius 1 is 1.00 bits per heavy atom. The first-order chi connectivity index (χ1) is 10.5. The maximum absolute atomic E-state index is 11.6. The second kappa shape index (κ2) is 6.89. The quantitative estimate of drug-likeness (QED) is 0.483. The summed E-state index contributed by atoms with van der Waals surface area (Å²) < 4.78 is 10.1. The van der Waals surface area contributed by atoms with Crippen molar-refractivity contribution in [3.05, 3.63) is 64.7 Å². The number of rotatable bonds is 5. The zero-order valence-electron chi connectivity index (χ0n) is 12.9. The lowest BCUT2D eigenvalue weighted by atomic mass is 10.1. The molecule has 4 nitrogen and oxygen atoms in total. The van der Waals surface area contributed by atoms with E-state index in [-0.39, 0.29) is 5.56 Å². The maximum atomic E-state index is 11.6. The Bertz CT molecular complexity index is 687. The number of benzene rings is 2. The van der Waals surface area contributed by atoms with Gasteiger partial charge in [0.1, 0.15) is 12.4 Å². The molecule has 0 fully saturated rings. The minimum atomic E-state index is -0.871. The summed E-state index contributed by atoms with van der Waals surface area (Å²) in [5.41, 5.74) is 3.76. The van der Waals surface area contributed by atoms with Crippen molar-refractivity contribution in [1.29, 1.82) is 0 Å². The Kier molecular flexibility index (Phi) is 4.94. The van der Waals surface area contributed by atoms with Crippen molar-refractivity contribution in [2.24, 2.45) is 0 Å². The first kappa shape index (κ1) is 15.8. The Hall–Kier alpha value is -2.62. The highest BCUT2D eigenvalue weighted by Crippen LogP contribution is 2.17. The molecule has 0 atom stereocenters. The second-order valence-corrected chi connectivity index (χ2v) is 5.06. The Labute approximate surface area is 129 Å². The molecule has 114 valence electrons. The molecule has 4 heteroatoms. The van der Waals surface area contributed by atoms with Gasteiger partial charge in [-0.1, -0.05) is 23.8 Å². The van der Waals surface area contributed by atoms with Crippen molar-refractivity contribution in [3.8, 4) is 5.75 Å². The minimum absolute atomic E-state index is 0.283. The third kappa shape index (κ3) is 3.73. The standard InChI is InChI=1S/C18H18O4/c1-12-4-5-13(2)15(10-12)11-22-16-8-6-14(7-9-16)17(19)18(20)21-3/h4-10H,11H2,1-3H3. The third-order valence-electron chi connectivity index (χ3n) is 3.39. The molecule has 0 aliphatic heterocycles. The van der Waals surface area contributed by atoms with Gasteiger partial charge in [-0.3, -0.25) is 4.79 Å². The molecule has 0 amide bonds. The number of carbonyl (C=O) groups excluding carboxylic acids is 2. The number of hydrogen-bond acceptors (Lipinski definition) is 4. The van der Waals surface area contributed by atoms with E-state index in [1.54, 1.807) is 24.3 Å². The van der Waals surface area contributed by atoms with Gasteiger partial charge in [0.05, 0.1) is 7.11 Å². The van der Waals surface area contributed by atoms with E-state index in [0.717, 1.165) is 5.56 Å². The normalized spacial score (nSPS) is 10.1. The molecule has 0 aliphatic rings. The van der Waals surface area contributed by atoms with Gasteiger partial charge in [0.15, 0.2) is 0 Å². The van der Waals surface area contributed by atoms with Gasteiger partial charge in [0, 0.05) is 5.56 Å². The fraction of sp³-hybridized carbons (Fsp3) is 0.222. The molecule has 22 heavy (non-hydrogen) atoms. The van der Waals surface area contributed by atoms with Gasteiger partial charge in [0.2, 0.25) is 0 Å². The molecule has 0 aliphatic carbocycles. The van der Waals surface area contributed by atoms with Crippen molar-refractivity contribution in [3.63, 3.8) is 0 Å². The van der Waals surface area contributed by atoms with Crippen LogP contribution in [0, 0.1) is 13.8 Å². The molecule has 0 spiro atoms. The summed E-state index contributed by atoms with van der Waals surface area (Å²) in [4.78, 5) is 22.8. The van der Waals surface area contributed by atoms with Crippen molar-refractivity contribution < 1.29 is 19.1 Å². The predicted octanol–water partition coefficient (Wildman–Crippen LogP) is 3.24. The van der Waals surface area contributed by atoms with Crippen LogP contribution in [0.5, 0.6) is 5.75 Å². The van der Waals surface area contributed by atoms with Gasteiger partial charge in [-0.15, -0.1) is 0 Å². The van der Waals surface area contributed by atoms with Gasteiger partial charge >= 0.3 is 5.97 Å². The summed E-state index contributed by atoms with van der Waals surface area (Å²) in [7, 11) is 1.18.